The van der Waals surface area contributed by atoms with Crippen LogP contribution in [-0.2, 0) is 33.8 Å². The van der Waals surface area contributed by atoms with Gasteiger partial charge in [-0.1, -0.05) is 18.2 Å². The zero-order chi connectivity index (χ0) is 36.9. The summed E-state index contributed by atoms with van der Waals surface area (Å²) in [6, 6.07) is 2.31. The monoisotopic (exact) mass is 753 g/mol. The molecule has 11 nitrogen and oxygen atoms in total. The van der Waals surface area contributed by atoms with E-state index in [1.165, 1.54) is 22.3 Å². The molecule has 0 spiro atoms. The van der Waals surface area contributed by atoms with E-state index in [0.717, 1.165) is 81.6 Å². The molecule has 3 aromatic rings. The minimum Gasteiger partial charge on any atom is -0.494 e. The topological polar surface area (TPSA) is 113 Å². The number of rotatable bonds is 10. The van der Waals surface area contributed by atoms with Crippen molar-refractivity contribution in [3.8, 4) is 0 Å². The Morgan fingerprint density at radius 3 is 2.70 bits per heavy atom. The number of nitrogens with one attached hydrogen (secondary N) is 1. The van der Waals surface area contributed by atoms with Crippen molar-refractivity contribution in [2.24, 2.45) is 17.8 Å². The fourth-order valence-electron chi connectivity index (χ4n) is 9.16. The Morgan fingerprint density at radius 1 is 1.09 bits per heavy atom. The van der Waals surface area contributed by atoms with E-state index in [-0.39, 0.29) is 43.3 Å². The van der Waals surface area contributed by atoms with Gasteiger partial charge in [0.1, 0.15) is 17.7 Å². The maximum atomic E-state index is 16.0. The molecular weight excluding hydrogens is 706 g/mol. The summed E-state index contributed by atoms with van der Waals surface area (Å²) in [5.74, 6) is 0.980. The van der Waals surface area contributed by atoms with E-state index >= 15 is 4.39 Å². The van der Waals surface area contributed by atoms with Crippen LogP contribution in [0.4, 0.5) is 9.52 Å². The number of aryl methyl sites for hydroxylation is 1. The van der Waals surface area contributed by atoms with Gasteiger partial charge < -0.3 is 19.1 Å². The Balaban J connectivity index is 0.00000427. The van der Waals surface area contributed by atoms with E-state index in [2.05, 4.69) is 39.3 Å². The zero-order valence-corrected chi connectivity index (χ0v) is 31.4. The van der Waals surface area contributed by atoms with Gasteiger partial charge in [-0.05, 0) is 93.3 Å². The summed E-state index contributed by atoms with van der Waals surface area (Å²) in [5.41, 5.74) is 3.74. The van der Waals surface area contributed by atoms with Crippen LogP contribution in [0.3, 0.4) is 0 Å². The Kier molecular flexibility index (Phi) is 9.46. The number of thiazole rings is 1. The van der Waals surface area contributed by atoms with Gasteiger partial charge in [0, 0.05) is 68.2 Å². The fourth-order valence-corrected chi connectivity index (χ4v) is 9.69. The van der Waals surface area contributed by atoms with E-state index in [1.807, 2.05) is 21.6 Å². The first-order chi connectivity index (χ1) is 26.3. The first-order valence-electron chi connectivity index (χ1n) is 19.4. The number of imidazole rings is 1. The highest BCUT2D eigenvalue weighted by atomic mass is 32.1. The van der Waals surface area contributed by atoms with Crippen molar-refractivity contribution in [1.82, 2.24) is 29.2 Å². The third-order valence-corrected chi connectivity index (χ3v) is 12.8. The average Bonchev–Trinajstić information content (AvgIpc) is 3.51. The van der Waals surface area contributed by atoms with Gasteiger partial charge in [0.2, 0.25) is 5.91 Å². The molecule has 2 aromatic heterocycles. The summed E-state index contributed by atoms with van der Waals surface area (Å²) in [5, 5.41) is 5.06. The molecule has 1 N–H and O–H groups in total. The van der Waals surface area contributed by atoms with Gasteiger partial charge in [0.05, 0.1) is 25.1 Å². The number of amides is 3. The lowest BCUT2D eigenvalue weighted by Crippen LogP contribution is -2.47. The minimum atomic E-state index is -1.02. The molecule has 3 atom stereocenters. The molecule has 13 heteroatoms. The zero-order valence-electron chi connectivity index (χ0n) is 30.6. The molecule has 284 valence electrons. The van der Waals surface area contributed by atoms with Crippen LogP contribution in [0.15, 0.2) is 60.1 Å². The van der Waals surface area contributed by atoms with Gasteiger partial charge in [0.15, 0.2) is 11.2 Å². The standard InChI is InChI=1S/C41H46FN7O4S.H2/c1-2-4-25-8-14-46(15-9-25)23-36(50)47-16-10-27(11-17-47)53-35-7-6-28(29-21-30(29)35)26-19-31-32(33(42)20-26)22-49(40(31)52)38(39(51)45-41-43-12-18-54-41)37-34-5-3-13-48(34)24-44-37;/h2,4,6-7,12,18-20,24-25,27,29-30,38H,3,5,8-11,13-17,21-23H2,1H3,(H,43,45,51);1H/b4-2+;. The lowest BCUT2D eigenvalue weighted by Gasteiger charge is -2.36. The van der Waals surface area contributed by atoms with Crippen LogP contribution in [0, 0.1) is 23.6 Å². The molecule has 4 aliphatic heterocycles. The van der Waals surface area contributed by atoms with Crippen LogP contribution >= 0.6 is 11.3 Å². The number of hydrogen-bond acceptors (Lipinski definition) is 8. The lowest BCUT2D eigenvalue weighted by molar-refractivity contribution is -0.135. The molecule has 0 radical (unpaired) electrons. The SMILES string of the molecule is C/C=C/C1CCN(CC(=O)N2CCC(OC3=CC=C(c4cc(F)c5c(c4)C(=O)N(C(C(=O)Nc4nccs4)c4ncn6c4CCC6)C5)C4CC34)CC2)CC1.[HH]. The Labute approximate surface area is 320 Å². The van der Waals surface area contributed by atoms with Crippen molar-refractivity contribution >= 4 is 39.8 Å². The minimum absolute atomic E-state index is 0. The molecular formula is C41H48FN7O4S. The molecule has 9 rings (SSSR count). The van der Waals surface area contributed by atoms with Crippen molar-refractivity contribution in [3.63, 3.8) is 0 Å². The Bertz CT molecular complexity index is 2050. The first-order valence-corrected chi connectivity index (χ1v) is 20.3. The number of aromatic nitrogens is 3. The summed E-state index contributed by atoms with van der Waals surface area (Å²) in [6.07, 6.45) is 18.3. The van der Waals surface area contributed by atoms with Crippen molar-refractivity contribution in [1.29, 1.82) is 0 Å². The molecule has 0 bridgehead atoms. The number of ether oxygens (including phenoxy) is 1. The smallest absolute Gasteiger partial charge is 0.255 e. The number of nitrogens with zero attached hydrogens (tertiary/aromatic N) is 6. The number of halogens is 1. The highest BCUT2D eigenvalue weighted by molar-refractivity contribution is 7.13. The van der Waals surface area contributed by atoms with Gasteiger partial charge in [-0.2, -0.15) is 0 Å². The highest BCUT2D eigenvalue weighted by Crippen LogP contribution is 2.55. The van der Waals surface area contributed by atoms with Crippen LogP contribution < -0.4 is 5.32 Å². The number of carbonyl (C=O) groups is 3. The van der Waals surface area contributed by atoms with E-state index in [1.54, 1.807) is 24.0 Å². The Hall–Kier alpha value is -4.62. The first kappa shape index (κ1) is 35.1. The molecule has 3 unspecified atom stereocenters. The second-order valence-electron chi connectivity index (χ2n) is 15.5. The van der Waals surface area contributed by atoms with Crippen LogP contribution in [0.5, 0.6) is 0 Å². The van der Waals surface area contributed by atoms with Gasteiger partial charge in [-0.15, -0.1) is 11.3 Å². The number of allylic oxidation sites excluding steroid dienone is 6. The highest BCUT2D eigenvalue weighted by Gasteiger charge is 2.47. The van der Waals surface area contributed by atoms with E-state index in [4.69, 9.17) is 4.74 Å². The third kappa shape index (κ3) is 6.70. The molecule has 2 aliphatic carbocycles. The fraction of sp³-hybridized carbons (Fsp3) is 0.488. The van der Waals surface area contributed by atoms with Gasteiger partial charge in [-0.25, -0.2) is 14.4 Å². The summed E-state index contributed by atoms with van der Waals surface area (Å²) >= 11 is 1.29. The lowest BCUT2D eigenvalue weighted by atomic mass is 9.93. The van der Waals surface area contributed by atoms with Crippen molar-refractivity contribution in [3.05, 3.63) is 94.0 Å². The van der Waals surface area contributed by atoms with Gasteiger partial charge in [-0.3, -0.25) is 24.6 Å². The molecule has 1 saturated carbocycles. The van der Waals surface area contributed by atoms with Crippen molar-refractivity contribution in [2.75, 3.05) is 38.0 Å². The molecule has 2 saturated heterocycles. The molecule has 3 amide bonds. The second kappa shape index (κ2) is 14.6. The number of benzene rings is 1. The normalized spacial score (nSPS) is 23.6. The molecule has 6 aliphatic rings. The van der Waals surface area contributed by atoms with Gasteiger partial charge >= 0.3 is 0 Å². The number of fused-ring (bicyclic) bond motifs is 3. The van der Waals surface area contributed by atoms with E-state index in [0.29, 0.717) is 47.5 Å². The summed E-state index contributed by atoms with van der Waals surface area (Å²) in [6.45, 7) is 6.71. The average molecular weight is 754 g/mol. The molecule has 54 heavy (non-hydrogen) atoms. The summed E-state index contributed by atoms with van der Waals surface area (Å²) in [4.78, 5) is 55.6. The predicted octanol–water partition coefficient (Wildman–Crippen LogP) is 6.22. The molecule has 6 heterocycles. The van der Waals surface area contributed by atoms with Gasteiger partial charge in [0.25, 0.3) is 11.8 Å². The number of likely N-dealkylation sites (tertiary alicyclic amines) is 2. The number of piperidine rings is 2. The van der Waals surface area contributed by atoms with E-state index < -0.39 is 17.8 Å². The van der Waals surface area contributed by atoms with E-state index in [9.17, 15) is 14.4 Å². The second-order valence-corrected chi connectivity index (χ2v) is 16.4. The summed E-state index contributed by atoms with van der Waals surface area (Å²) in [7, 11) is 0. The number of hydrogen-bond donors (Lipinski definition) is 1. The maximum absolute atomic E-state index is 16.0. The van der Waals surface area contributed by atoms with Crippen LogP contribution in [0.25, 0.3) is 5.57 Å². The number of anilines is 1. The number of carbonyl (C=O) groups excluding carboxylic acids is 3. The predicted molar refractivity (Wildman–Crippen MR) is 205 cm³/mol. The van der Waals surface area contributed by atoms with Crippen LogP contribution in [-0.4, -0.2) is 85.8 Å². The molecule has 3 fully saturated rings. The van der Waals surface area contributed by atoms with Crippen LogP contribution in [0.2, 0.25) is 0 Å². The Morgan fingerprint density at radius 2 is 1.93 bits per heavy atom. The van der Waals surface area contributed by atoms with Crippen molar-refractivity contribution in [2.45, 2.75) is 77.1 Å². The van der Waals surface area contributed by atoms with Crippen LogP contribution in [0.1, 0.15) is 85.8 Å². The molecule has 1 aromatic carbocycles. The third-order valence-electron chi connectivity index (χ3n) is 12.2. The van der Waals surface area contributed by atoms with Crippen molar-refractivity contribution < 1.29 is 24.9 Å². The largest absolute Gasteiger partial charge is 0.494 e. The summed E-state index contributed by atoms with van der Waals surface area (Å²) < 4.78 is 24.5. The maximum Gasteiger partial charge on any atom is 0.255 e. The quantitative estimate of drug-likeness (QED) is 0.245.